The van der Waals surface area contributed by atoms with E-state index in [0.29, 0.717) is 28.0 Å². The Bertz CT molecular complexity index is 1200. The zero-order valence-corrected chi connectivity index (χ0v) is 21.7. The summed E-state index contributed by atoms with van der Waals surface area (Å²) < 4.78 is 6.83. The number of anilines is 2. The Kier molecular flexibility index (Phi) is 8.07. The van der Waals surface area contributed by atoms with E-state index in [9.17, 15) is 9.59 Å². The maximum absolute atomic E-state index is 13.1. The minimum atomic E-state index is -0.390. The first-order chi connectivity index (χ1) is 16.5. The topological polar surface area (TPSA) is 88.5 Å². The van der Waals surface area contributed by atoms with Gasteiger partial charge in [-0.1, -0.05) is 50.6 Å². The highest BCUT2D eigenvalue weighted by Gasteiger charge is 2.24. The third kappa shape index (κ3) is 6.54. The van der Waals surface area contributed by atoms with Crippen LogP contribution >= 0.6 is 11.6 Å². The van der Waals surface area contributed by atoms with E-state index in [1.807, 2.05) is 58.9 Å². The van der Waals surface area contributed by atoms with Gasteiger partial charge in [-0.25, -0.2) is 9.48 Å². The fourth-order valence-corrected chi connectivity index (χ4v) is 3.58. The summed E-state index contributed by atoms with van der Waals surface area (Å²) in [7, 11) is 1.56. The van der Waals surface area contributed by atoms with Gasteiger partial charge in [0, 0.05) is 29.3 Å². The minimum absolute atomic E-state index is 0.147. The Balaban J connectivity index is 1.82. The van der Waals surface area contributed by atoms with Gasteiger partial charge in [0.05, 0.1) is 23.5 Å². The monoisotopic (exact) mass is 497 g/mol. The van der Waals surface area contributed by atoms with E-state index in [-0.39, 0.29) is 23.9 Å². The number of urea groups is 1. The smallest absolute Gasteiger partial charge is 0.322 e. The van der Waals surface area contributed by atoms with Crippen molar-refractivity contribution in [3.8, 4) is 11.4 Å². The fraction of sp³-hybridized carbons (Fsp3) is 0.346. The molecule has 3 rings (SSSR count). The lowest BCUT2D eigenvalue weighted by atomic mass is 9.92. The van der Waals surface area contributed by atoms with E-state index in [2.05, 4.69) is 10.6 Å². The van der Waals surface area contributed by atoms with E-state index in [1.54, 1.807) is 42.1 Å². The lowest BCUT2D eigenvalue weighted by Gasteiger charge is -2.26. The molecule has 1 aromatic heterocycles. The van der Waals surface area contributed by atoms with Crippen LogP contribution in [0.1, 0.15) is 40.3 Å². The van der Waals surface area contributed by atoms with Crippen LogP contribution in [0.2, 0.25) is 5.02 Å². The molecule has 8 nitrogen and oxygen atoms in total. The first-order valence-electron chi connectivity index (χ1n) is 11.4. The van der Waals surface area contributed by atoms with E-state index in [1.165, 1.54) is 4.90 Å². The molecule has 0 bridgehead atoms. The minimum Gasteiger partial charge on any atom is -0.497 e. The van der Waals surface area contributed by atoms with Crippen molar-refractivity contribution >= 4 is 35.0 Å². The van der Waals surface area contributed by atoms with Gasteiger partial charge in [0.1, 0.15) is 18.1 Å². The van der Waals surface area contributed by atoms with Crippen molar-refractivity contribution in [2.45, 2.75) is 46.1 Å². The summed E-state index contributed by atoms with van der Waals surface area (Å²) >= 11 is 6.41. The highest BCUT2D eigenvalue weighted by Crippen LogP contribution is 2.29. The van der Waals surface area contributed by atoms with Gasteiger partial charge in [-0.15, -0.1) is 0 Å². The Morgan fingerprint density at radius 2 is 1.80 bits per heavy atom. The molecule has 0 radical (unpaired) electrons. The highest BCUT2D eigenvalue weighted by atomic mass is 35.5. The fourth-order valence-electron chi connectivity index (χ4n) is 3.37. The van der Waals surface area contributed by atoms with Crippen LogP contribution < -0.4 is 15.4 Å². The summed E-state index contributed by atoms with van der Waals surface area (Å²) in [5.74, 6) is 0.747. The average molecular weight is 498 g/mol. The number of ether oxygens (including phenoxy) is 1. The summed E-state index contributed by atoms with van der Waals surface area (Å²) in [6, 6.07) is 15.6. The van der Waals surface area contributed by atoms with Crippen LogP contribution in [0.5, 0.6) is 5.75 Å². The molecule has 2 N–H and O–H groups in total. The second-order valence-corrected chi connectivity index (χ2v) is 9.87. The number of nitrogens with one attached hydrogen (secondary N) is 2. The second-order valence-electron chi connectivity index (χ2n) is 9.46. The maximum Gasteiger partial charge on any atom is 0.322 e. The SMILES string of the molecule is COc1cccc(NC(=O)N(CC(=O)Nc2cc(C(C)(C)C)nn2-c2ccccc2Cl)C(C)C)c1. The van der Waals surface area contributed by atoms with Gasteiger partial charge in [-0.05, 0) is 38.1 Å². The quantitative estimate of drug-likeness (QED) is 0.437. The largest absolute Gasteiger partial charge is 0.497 e. The Hall–Kier alpha value is -3.52. The molecule has 3 amide bonds. The second kappa shape index (κ2) is 10.8. The van der Waals surface area contributed by atoms with Crippen molar-refractivity contribution in [1.82, 2.24) is 14.7 Å². The number of para-hydroxylation sites is 1. The Morgan fingerprint density at radius 3 is 2.43 bits per heavy atom. The molecule has 9 heteroatoms. The Morgan fingerprint density at radius 1 is 1.09 bits per heavy atom. The van der Waals surface area contributed by atoms with Crippen LogP contribution in [0, 0.1) is 0 Å². The molecule has 0 atom stereocenters. The van der Waals surface area contributed by atoms with Crippen molar-refractivity contribution in [3.05, 3.63) is 65.3 Å². The van der Waals surface area contributed by atoms with Crippen molar-refractivity contribution < 1.29 is 14.3 Å². The number of nitrogens with zero attached hydrogens (tertiary/aromatic N) is 3. The summed E-state index contributed by atoms with van der Waals surface area (Å²) in [6.45, 7) is 9.68. The van der Waals surface area contributed by atoms with Crippen LogP contribution in [-0.4, -0.2) is 46.3 Å². The number of amides is 3. The van der Waals surface area contributed by atoms with E-state index in [4.69, 9.17) is 21.4 Å². The molecule has 1 heterocycles. The first kappa shape index (κ1) is 26.1. The van der Waals surface area contributed by atoms with Gasteiger partial charge in [-0.3, -0.25) is 4.79 Å². The molecule has 186 valence electrons. The first-order valence-corrected chi connectivity index (χ1v) is 11.7. The van der Waals surface area contributed by atoms with Gasteiger partial charge in [0.2, 0.25) is 5.91 Å². The molecule has 0 spiro atoms. The van der Waals surface area contributed by atoms with Gasteiger partial charge < -0.3 is 20.3 Å². The van der Waals surface area contributed by atoms with E-state index >= 15 is 0 Å². The number of aromatic nitrogens is 2. The lowest BCUT2D eigenvalue weighted by molar-refractivity contribution is -0.117. The molecule has 0 aliphatic heterocycles. The molecule has 0 saturated heterocycles. The third-order valence-corrected chi connectivity index (χ3v) is 5.66. The average Bonchev–Trinajstić information content (AvgIpc) is 3.21. The van der Waals surface area contributed by atoms with Crippen LogP contribution in [-0.2, 0) is 10.2 Å². The van der Waals surface area contributed by atoms with Crippen molar-refractivity contribution in [2.24, 2.45) is 0 Å². The number of benzene rings is 2. The normalized spacial score (nSPS) is 11.3. The van der Waals surface area contributed by atoms with Crippen molar-refractivity contribution in [1.29, 1.82) is 0 Å². The number of halogens is 1. The molecule has 0 unspecified atom stereocenters. The molecular formula is C26H32ClN5O3. The van der Waals surface area contributed by atoms with Crippen LogP contribution in [0.15, 0.2) is 54.6 Å². The molecule has 0 aliphatic carbocycles. The number of hydrogen-bond acceptors (Lipinski definition) is 4. The third-order valence-electron chi connectivity index (χ3n) is 5.35. The molecule has 2 aromatic carbocycles. The van der Waals surface area contributed by atoms with Crippen LogP contribution in [0.3, 0.4) is 0 Å². The van der Waals surface area contributed by atoms with E-state index in [0.717, 1.165) is 5.69 Å². The zero-order chi connectivity index (χ0) is 25.8. The zero-order valence-electron chi connectivity index (χ0n) is 20.9. The van der Waals surface area contributed by atoms with Crippen LogP contribution in [0.25, 0.3) is 5.69 Å². The molecule has 0 aliphatic rings. The molecule has 3 aromatic rings. The number of carbonyl (C=O) groups excluding carboxylic acids is 2. The van der Waals surface area contributed by atoms with Gasteiger partial charge >= 0.3 is 6.03 Å². The number of rotatable bonds is 7. The summed E-state index contributed by atoms with van der Waals surface area (Å²) in [4.78, 5) is 27.5. The summed E-state index contributed by atoms with van der Waals surface area (Å²) in [6.07, 6.45) is 0. The Labute approximate surface area is 211 Å². The van der Waals surface area contributed by atoms with Gasteiger partial charge in [0.25, 0.3) is 0 Å². The van der Waals surface area contributed by atoms with Gasteiger partial charge in [-0.2, -0.15) is 5.10 Å². The summed E-state index contributed by atoms with van der Waals surface area (Å²) in [5, 5.41) is 10.9. The molecule has 35 heavy (non-hydrogen) atoms. The van der Waals surface area contributed by atoms with Crippen molar-refractivity contribution in [2.75, 3.05) is 24.3 Å². The predicted molar refractivity (Wildman–Crippen MR) is 140 cm³/mol. The number of methoxy groups -OCH3 is 1. The molecular weight excluding hydrogens is 466 g/mol. The predicted octanol–water partition coefficient (Wildman–Crippen LogP) is 5.71. The highest BCUT2D eigenvalue weighted by molar-refractivity contribution is 6.32. The maximum atomic E-state index is 13.1. The number of carbonyl (C=O) groups is 2. The van der Waals surface area contributed by atoms with E-state index < -0.39 is 6.03 Å². The van der Waals surface area contributed by atoms with Gasteiger partial charge in [0.15, 0.2) is 0 Å². The molecule has 0 fully saturated rings. The van der Waals surface area contributed by atoms with Crippen molar-refractivity contribution in [3.63, 3.8) is 0 Å². The lowest BCUT2D eigenvalue weighted by Crippen LogP contribution is -2.44. The number of hydrogen-bond donors (Lipinski definition) is 2. The van der Waals surface area contributed by atoms with Crippen LogP contribution in [0.4, 0.5) is 16.3 Å². The summed E-state index contributed by atoms with van der Waals surface area (Å²) in [5.41, 5.74) is 1.78. The standard InChI is InChI=1S/C26H32ClN5O3/c1-17(2)31(25(34)28-18-10-9-11-19(14-18)35-6)16-24(33)29-23-15-22(26(3,4)5)30-32(23)21-13-8-7-12-20(21)27/h7-15,17H,16H2,1-6H3,(H,28,34)(H,29,33). The molecule has 0 saturated carbocycles.